The molecule has 0 spiro atoms. The Morgan fingerprint density at radius 3 is 2.00 bits per heavy atom. The topological polar surface area (TPSA) is 163 Å². The normalized spacial score (nSPS) is 12.6. The fourth-order valence-corrected chi connectivity index (χ4v) is 2.91. The number of hydrogen-bond donors (Lipinski definition) is 6. The fraction of sp³-hybridized carbons (Fsp3) is 0.300. The molecule has 2 rings (SSSR count). The predicted octanol–water partition coefficient (Wildman–Crippen LogP) is 0.732. The highest BCUT2D eigenvalue weighted by Gasteiger charge is 2.28. The zero-order valence-corrected chi connectivity index (χ0v) is 17.0. The van der Waals surface area contributed by atoms with E-state index in [1.54, 1.807) is 6.92 Å². The molecular weight excluding hydrogens is 394 g/mol. The van der Waals surface area contributed by atoms with Crippen molar-refractivity contribution in [3.8, 4) is 28.7 Å². The van der Waals surface area contributed by atoms with E-state index in [0.29, 0.717) is 11.3 Å². The molecule has 0 aliphatic rings. The van der Waals surface area contributed by atoms with Crippen LogP contribution in [0, 0.1) is 6.92 Å². The molecule has 0 bridgehead atoms. The number of hydrogen-bond acceptors (Lipinski definition) is 8. The largest absolute Gasteiger partial charge is 0.508 e. The molecule has 0 aromatic heterocycles. The van der Waals surface area contributed by atoms with Gasteiger partial charge in [0.25, 0.3) is 0 Å². The van der Waals surface area contributed by atoms with Crippen LogP contribution in [-0.2, 0) is 9.59 Å². The quantitative estimate of drug-likeness (QED) is 0.382. The van der Waals surface area contributed by atoms with Crippen LogP contribution in [0.15, 0.2) is 24.3 Å². The van der Waals surface area contributed by atoms with Gasteiger partial charge >= 0.3 is 0 Å². The smallest absolute Gasteiger partial charge is 0.246 e. The number of methoxy groups -OCH3 is 2. The van der Waals surface area contributed by atoms with Crippen LogP contribution in [0.25, 0.3) is 0 Å². The van der Waals surface area contributed by atoms with Gasteiger partial charge in [-0.1, -0.05) is 0 Å². The maximum Gasteiger partial charge on any atom is 0.246 e. The molecule has 0 saturated carbocycles. The molecule has 0 heterocycles. The SMILES string of the molecule is CNC(=O)[C@H](NC(=O)[C@@H](N)c1cc(O)c(C)c(OC)c1)c1cc(O)c(OC)c(O)c1. The summed E-state index contributed by atoms with van der Waals surface area (Å²) in [5, 5.41) is 35.0. The fourth-order valence-electron chi connectivity index (χ4n) is 2.91. The average Bonchev–Trinajstić information content (AvgIpc) is 2.72. The summed E-state index contributed by atoms with van der Waals surface area (Å²) in [5.74, 6) is -2.07. The maximum absolute atomic E-state index is 12.7. The number of ether oxygens (including phenoxy) is 2. The second kappa shape index (κ2) is 9.23. The summed E-state index contributed by atoms with van der Waals surface area (Å²) in [6, 6.07) is 2.72. The lowest BCUT2D eigenvalue weighted by Gasteiger charge is -2.22. The van der Waals surface area contributed by atoms with Crippen LogP contribution >= 0.6 is 0 Å². The number of carbonyl (C=O) groups is 2. The number of nitrogens with two attached hydrogens (primary N) is 1. The van der Waals surface area contributed by atoms with E-state index < -0.39 is 35.4 Å². The van der Waals surface area contributed by atoms with Crippen LogP contribution in [0.1, 0.15) is 28.8 Å². The summed E-state index contributed by atoms with van der Waals surface area (Å²) in [5.41, 5.74) is 6.89. The Morgan fingerprint density at radius 2 is 1.50 bits per heavy atom. The van der Waals surface area contributed by atoms with Crippen LogP contribution in [0.4, 0.5) is 0 Å². The van der Waals surface area contributed by atoms with Gasteiger partial charge in [0.05, 0.1) is 14.2 Å². The molecule has 7 N–H and O–H groups in total. The molecule has 0 unspecified atom stereocenters. The molecule has 0 aliphatic heterocycles. The zero-order valence-electron chi connectivity index (χ0n) is 17.0. The number of benzene rings is 2. The van der Waals surface area contributed by atoms with Crippen molar-refractivity contribution in [1.82, 2.24) is 10.6 Å². The highest BCUT2D eigenvalue weighted by atomic mass is 16.5. The van der Waals surface area contributed by atoms with Crippen LogP contribution in [-0.4, -0.2) is 48.4 Å². The van der Waals surface area contributed by atoms with E-state index in [1.165, 1.54) is 45.5 Å². The van der Waals surface area contributed by atoms with Crippen molar-refractivity contribution in [2.45, 2.75) is 19.0 Å². The van der Waals surface area contributed by atoms with Crippen LogP contribution < -0.4 is 25.8 Å². The summed E-state index contributed by atoms with van der Waals surface area (Å²) in [6.45, 7) is 1.65. The van der Waals surface area contributed by atoms with E-state index in [0.717, 1.165) is 0 Å². The van der Waals surface area contributed by atoms with Crippen molar-refractivity contribution in [2.24, 2.45) is 5.73 Å². The highest BCUT2D eigenvalue weighted by Crippen LogP contribution is 2.38. The monoisotopic (exact) mass is 419 g/mol. The van der Waals surface area contributed by atoms with Crippen LogP contribution in [0.5, 0.6) is 28.7 Å². The van der Waals surface area contributed by atoms with E-state index in [4.69, 9.17) is 15.2 Å². The first kappa shape index (κ1) is 22.6. The molecule has 2 amide bonds. The summed E-state index contributed by atoms with van der Waals surface area (Å²) >= 11 is 0. The van der Waals surface area contributed by atoms with Gasteiger partial charge in [0.1, 0.15) is 23.6 Å². The summed E-state index contributed by atoms with van der Waals surface area (Å²) in [6.07, 6.45) is 0. The predicted molar refractivity (Wildman–Crippen MR) is 108 cm³/mol. The number of rotatable bonds is 7. The Kier molecular flexibility index (Phi) is 6.96. The lowest BCUT2D eigenvalue weighted by Crippen LogP contribution is -2.42. The Hall–Kier alpha value is -3.66. The Balaban J connectivity index is 2.37. The first-order valence-corrected chi connectivity index (χ1v) is 8.89. The average molecular weight is 419 g/mol. The molecule has 10 heteroatoms. The number of aromatic hydroxyl groups is 3. The van der Waals surface area contributed by atoms with Gasteiger partial charge in [-0.25, -0.2) is 0 Å². The Bertz CT molecular complexity index is 939. The van der Waals surface area contributed by atoms with Gasteiger partial charge in [-0.3, -0.25) is 9.59 Å². The summed E-state index contributed by atoms with van der Waals surface area (Å²) < 4.78 is 10.0. The second-order valence-corrected chi connectivity index (χ2v) is 6.49. The Labute approximate surface area is 173 Å². The number of likely N-dealkylation sites (N-methyl/N-ethyl adjacent to an activating group) is 1. The summed E-state index contributed by atoms with van der Waals surface area (Å²) in [7, 11) is 4.05. The molecule has 0 saturated heterocycles. The molecule has 162 valence electrons. The zero-order chi connectivity index (χ0) is 22.6. The Morgan fingerprint density at radius 1 is 0.933 bits per heavy atom. The van der Waals surface area contributed by atoms with Gasteiger partial charge in [-0.05, 0) is 42.3 Å². The standard InChI is InChI=1S/C20H25N3O7/c1-9-12(24)5-10(8-15(9)29-3)16(21)19(27)23-17(20(28)22-2)11-6-13(25)18(30-4)14(26)7-11/h5-8,16-17,24-26H,21H2,1-4H3,(H,22,28)(H,23,27)/t16-,17+/m0/s1. The van der Waals surface area contributed by atoms with Crippen molar-refractivity contribution in [1.29, 1.82) is 0 Å². The third-order valence-corrected chi connectivity index (χ3v) is 4.62. The van der Waals surface area contributed by atoms with Gasteiger partial charge in [-0.2, -0.15) is 0 Å². The molecule has 30 heavy (non-hydrogen) atoms. The van der Waals surface area contributed by atoms with Crippen molar-refractivity contribution >= 4 is 11.8 Å². The van der Waals surface area contributed by atoms with E-state index in [-0.39, 0.29) is 22.6 Å². The van der Waals surface area contributed by atoms with Crippen molar-refractivity contribution < 1.29 is 34.4 Å². The number of nitrogens with one attached hydrogen (secondary N) is 2. The van der Waals surface area contributed by atoms with Crippen molar-refractivity contribution in [3.05, 3.63) is 41.0 Å². The molecule has 2 atom stereocenters. The third kappa shape index (κ3) is 4.49. The first-order chi connectivity index (χ1) is 14.1. The number of phenolic OH excluding ortho intramolecular Hbond substituents is 3. The minimum atomic E-state index is -1.27. The minimum Gasteiger partial charge on any atom is -0.508 e. The molecule has 0 fully saturated rings. The second-order valence-electron chi connectivity index (χ2n) is 6.49. The van der Waals surface area contributed by atoms with Crippen molar-refractivity contribution in [2.75, 3.05) is 21.3 Å². The van der Waals surface area contributed by atoms with Crippen molar-refractivity contribution in [3.63, 3.8) is 0 Å². The molecule has 2 aromatic rings. The minimum absolute atomic E-state index is 0.0968. The molecule has 0 aliphatic carbocycles. The third-order valence-electron chi connectivity index (χ3n) is 4.62. The van der Waals surface area contributed by atoms with E-state index in [9.17, 15) is 24.9 Å². The van der Waals surface area contributed by atoms with Gasteiger partial charge in [0.15, 0.2) is 11.5 Å². The van der Waals surface area contributed by atoms with E-state index >= 15 is 0 Å². The number of phenols is 3. The van der Waals surface area contributed by atoms with Crippen LogP contribution in [0.2, 0.25) is 0 Å². The van der Waals surface area contributed by atoms with Gasteiger partial charge in [-0.15, -0.1) is 0 Å². The molecule has 0 radical (unpaired) electrons. The number of amides is 2. The lowest BCUT2D eigenvalue weighted by atomic mass is 10.0. The summed E-state index contributed by atoms with van der Waals surface area (Å²) in [4.78, 5) is 25.1. The molecule has 10 nitrogen and oxygen atoms in total. The lowest BCUT2D eigenvalue weighted by molar-refractivity contribution is -0.129. The van der Waals surface area contributed by atoms with E-state index in [1.807, 2.05) is 0 Å². The van der Waals surface area contributed by atoms with E-state index in [2.05, 4.69) is 10.6 Å². The van der Waals surface area contributed by atoms with Gasteiger partial charge < -0.3 is 41.2 Å². The molecule has 2 aromatic carbocycles. The highest BCUT2D eigenvalue weighted by molar-refractivity contribution is 5.91. The number of carbonyl (C=O) groups excluding carboxylic acids is 2. The first-order valence-electron chi connectivity index (χ1n) is 8.89. The van der Waals surface area contributed by atoms with Crippen LogP contribution in [0.3, 0.4) is 0 Å². The molecular formula is C20H25N3O7. The van der Waals surface area contributed by atoms with Gasteiger partial charge in [0, 0.05) is 12.6 Å². The maximum atomic E-state index is 12.7. The van der Waals surface area contributed by atoms with Gasteiger partial charge in [0.2, 0.25) is 17.6 Å².